The Balaban J connectivity index is 1.26. The summed E-state index contributed by atoms with van der Waals surface area (Å²) in [4.78, 5) is 35.1. The van der Waals surface area contributed by atoms with E-state index in [-0.39, 0.29) is 36.9 Å². The van der Waals surface area contributed by atoms with Crippen LogP contribution in [0.15, 0.2) is 60.7 Å². The number of benzene rings is 2. The van der Waals surface area contributed by atoms with Crippen molar-refractivity contribution in [1.29, 1.82) is 0 Å². The van der Waals surface area contributed by atoms with E-state index in [2.05, 4.69) is 34.9 Å². The molecule has 32 heavy (non-hydrogen) atoms. The number of rotatable bonds is 7. The lowest BCUT2D eigenvalue weighted by Gasteiger charge is -2.17. The van der Waals surface area contributed by atoms with Crippen LogP contribution >= 0.6 is 0 Å². The molecular formula is C25H26N2O5. The van der Waals surface area contributed by atoms with Crippen LogP contribution in [0.3, 0.4) is 0 Å². The van der Waals surface area contributed by atoms with E-state index in [0.717, 1.165) is 17.2 Å². The second kappa shape index (κ2) is 9.68. The van der Waals surface area contributed by atoms with Crippen molar-refractivity contribution in [3.05, 3.63) is 71.8 Å². The van der Waals surface area contributed by atoms with Crippen LogP contribution in [-0.4, -0.2) is 42.3 Å². The lowest BCUT2D eigenvalue weighted by Crippen LogP contribution is -2.35. The highest BCUT2D eigenvalue weighted by molar-refractivity contribution is 5.81. The van der Waals surface area contributed by atoms with Gasteiger partial charge in [-0.25, -0.2) is 9.59 Å². The summed E-state index contributed by atoms with van der Waals surface area (Å²) in [6.45, 7) is 0.429. The molecule has 0 heterocycles. The summed E-state index contributed by atoms with van der Waals surface area (Å²) in [7, 11) is 0. The number of hydrogen-bond acceptors (Lipinski definition) is 4. The largest absolute Gasteiger partial charge is 0.478 e. The second-order valence-electron chi connectivity index (χ2n) is 8.16. The van der Waals surface area contributed by atoms with Crippen molar-refractivity contribution >= 4 is 18.0 Å². The molecule has 3 N–H and O–H groups in total. The Kier molecular flexibility index (Phi) is 6.54. The standard InChI is InChI=1S/C25H26N2O5/c28-23(29)10-5-13-26-24(30)16-11-12-17(14-16)27-25(31)32-15-22-20-8-3-1-6-18(20)19-7-2-4-9-21(19)22/h1-10,16-17,22H,11-15H2,(H,26,30)(H,27,31)(H,28,29)/b10-5+/t16-,17+/m0/s1. The average Bonchev–Trinajstić information content (AvgIpc) is 3.38. The smallest absolute Gasteiger partial charge is 0.407 e. The number of aliphatic carboxylic acids is 1. The third-order valence-electron chi connectivity index (χ3n) is 6.12. The molecule has 0 bridgehead atoms. The van der Waals surface area contributed by atoms with E-state index in [9.17, 15) is 14.4 Å². The summed E-state index contributed by atoms with van der Waals surface area (Å²) in [5, 5.41) is 14.2. The average molecular weight is 434 g/mol. The number of hydrogen-bond donors (Lipinski definition) is 3. The molecular weight excluding hydrogens is 408 g/mol. The van der Waals surface area contributed by atoms with Crippen molar-refractivity contribution in [1.82, 2.24) is 10.6 Å². The van der Waals surface area contributed by atoms with Crippen molar-refractivity contribution in [2.24, 2.45) is 5.92 Å². The van der Waals surface area contributed by atoms with Crippen LogP contribution in [0.5, 0.6) is 0 Å². The number of amides is 2. The van der Waals surface area contributed by atoms with Gasteiger partial charge in [-0.05, 0) is 41.5 Å². The van der Waals surface area contributed by atoms with Gasteiger partial charge in [0.1, 0.15) is 6.61 Å². The monoisotopic (exact) mass is 434 g/mol. The molecule has 2 aromatic carbocycles. The fourth-order valence-corrected chi connectivity index (χ4v) is 4.62. The third kappa shape index (κ3) is 4.82. The van der Waals surface area contributed by atoms with E-state index in [0.29, 0.717) is 19.3 Å². The van der Waals surface area contributed by atoms with E-state index in [1.807, 2.05) is 24.3 Å². The molecule has 0 unspecified atom stereocenters. The lowest BCUT2D eigenvalue weighted by molar-refractivity contribution is -0.131. The summed E-state index contributed by atoms with van der Waals surface area (Å²) in [5.74, 6) is -1.37. The minimum absolute atomic E-state index is 0.00844. The summed E-state index contributed by atoms with van der Waals surface area (Å²) in [5.41, 5.74) is 4.69. The fraction of sp³-hybridized carbons (Fsp3) is 0.320. The maximum absolute atomic E-state index is 12.4. The van der Waals surface area contributed by atoms with Crippen molar-refractivity contribution in [2.75, 3.05) is 13.2 Å². The molecule has 2 aromatic rings. The van der Waals surface area contributed by atoms with E-state index < -0.39 is 12.1 Å². The Morgan fingerprint density at radius 3 is 2.31 bits per heavy atom. The van der Waals surface area contributed by atoms with Gasteiger partial charge in [0.15, 0.2) is 0 Å². The first-order valence-electron chi connectivity index (χ1n) is 10.8. The van der Waals surface area contributed by atoms with Gasteiger partial charge in [0.25, 0.3) is 0 Å². The zero-order valence-electron chi connectivity index (χ0n) is 17.6. The molecule has 2 atom stereocenters. The molecule has 1 fully saturated rings. The van der Waals surface area contributed by atoms with Crippen LogP contribution < -0.4 is 10.6 Å². The predicted octanol–water partition coefficient (Wildman–Crippen LogP) is 3.45. The Hall–Kier alpha value is -3.61. The SMILES string of the molecule is O=C(O)/C=C/CNC(=O)[C@H]1CC[C@@H](NC(=O)OCC2c3ccccc3-c3ccccc32)C1. The van der Waals surface area contributed by atoms with Gasteiger partial charge in [-0.2, -0.15) is 0 Å². The van der Waals surface area contributed by atoms with E-state index >= 15 is 0 Å². The molecule has 0 aromatic heterocycles. The van der Waals surface area contributed by atoms with Crippen molar-refractivity contribution < 1.29 is 24.2 Å². The number of carbonyl (C=O) groups excluding carboxylic acids is 2. The van der Waals surface area contributed by atoms with Gasteiger partial charge in [0, 0.05) is 30.5 Å². The number of carboxylic acids is 1. The Bertz CT molecular complexity index is 1000. The molecule has 166 valence electrons. The zero-order chi connectivity index (χ0) is 22.5. The van der Waals surface area contributed by atoms with Gasteiger partial charge in [-0.3, -0.25) is 4.79 Å². The highest BCUT2D eigenvalue weighted by atomic mass is 16.5. The minimum Gasteiger partial charge on any atom is -0.478 e. The minimum atomic E-state index is -1.05. The molecule has 1 saturated carbocycles. The molecule has 0 spiro atoms. The zero-order valence-corrected chi connectivity index (χ0v) is 17.6. The quantitative estimate of drug-likeness (QED) is 0.579. The molecule has 0 radical (unpaired) electrons. The normalized spacial score (nSPS) is 19.4. The summed E-state index contributed by atoms with van der Waals surface area (Å²) in [6, 6.07) is 16.3. The van der Waals surface area contributed by atoms with Gasteiger partial charge in [0.2, 0.25) is 5.91 Å². The highest BCUT2D eigenvalue weighted by Crippen LogP contribution is 2.44. The summed E-state index contributed by atoms with van der Waals surface area (Å²) in [6.07, 6.45) is 3.83. The predicted molar refractivity (Wildman–Crippen MR) is 119 cm³/mol. The van der Waals surface area contributed by atoms with E-state index in [1.54, 1.807) is 0 Å². The number of alkyl carbamates (subject to hydrolysis) is 1. The molecule has 0 aliphatic heterocycles. The van der Waals surface area contributed by atoms with E-state index in [1.165, 1.54) is 17.2 Å². The first-order valence-corrected chi connectivity index (χ1v) is 10.8. The van der Waals surface area contributed by atoms with Gasteiger partial charge in [-0.15, -0.1) is 0 Å². The maximum Gasteiger partial charge on any atom is 0.407 e. The summed E-state index contributed by atoms with van der Waals surface area (Å²) >= 11 is 0. The van der Waals surface area contributed by atoms with Crippen LogP contribution in [0.2, 0.25) is 0 Å². The topological polar surface area (TPSA) is 105 Å². The van der Waals surface area contributed by atoms with Gasteiger partial charge in [-0.1, -0.05) is 54.6 Å². The van der Waals surface area contributed by atoms with Gasteiger partial charge < -0.3 is 20.5 Å². The van der Waals surface area contributed by atoms with Crippen LogP contribution in [-0.2, 0) is 14.3 Å². The number of nitrogens with one attached hydrogen (secondary N) is 2. The molecule has 4 rings (SSSR count). The third-order valence-corrected chi connectivity index (χ3v) is 6.12. The van der Waals surface area contributed by atoms with Crippen molar-refractivity contribution in [2.45, 2.75) is 31.2 Å². The molecule has 0 saturated heterocycles. The number of fused-ring (bicyclic) bond motifs is 3. The van der Waals surface area contributed by atoms with Gasteiger partial charge >= 0.3 is 12.1 Å². The number of ether oxygens (including phenoxy) is 1. The molecule has 2 aliphatic carbocycles. The number of carboxylic acid groups (broad SMARTS) is 1. The van der Waals surface area contributed by atoms with Crippen molar-refractivity contribution in [3.63, 3.8) is 0 Å². The molecule has 7 nitrogen and oxygen atoms in total. The van der Waals surface area contributed by atoms with Crippen LogP contribution in [0.25, 0.3) is 11.1 Å². The summed E-state index contributed by atoms with van der Waals surface area (Å²) < 4.78 is 5.58. The molecule has 2 amide bonds. The maximum atomic E-state index is 12.4. The second-order valence-corrected chi connectivity index (χ2v) is 8.16. The Morgan fingerprint density at radius 1 is 1.00 bits per heavy atom. The molecule has 7 heteroatoms. The number of carbonyl (C=O) groups is 3. The van der Waals surface area contributed by atoms with Gasteiger partial charge in [0.05, 0.1) is 0 Å². The van der Waals surface area contributed by atoms with Crippen LogP contribution in [0.4, 0.5) is 4.79 Å². The molecule has 2 aliphatic rings. The van der Waals surface area contributed by atoms with Crippen molar-refractivity contribution in [3.8, 4) is 11.1 Å². The van der Waals surface area contributed by atoms with Crippen LogP contribution in [0.1, 0.15) is 36.3 Å². The first-order chi connectivity index (χ1) is 15.5. The Labute approximate surface area is 186 Å². The van der Waals surface area contributed by atoms with E-state index in [4.69, 9.17) is 9.84 Å². The Morgan fingerprint density at radius 2 is 1.66 bits per heavy atom. The first kappa shape index (κ1) is 21.6. The fourth-order valence-electron chi connectivity index (χ4n) is 4.62. The highest BCUT2D eigenvalue weighted by Gasteiger charge is 2.32. The lowest BCUT2D eigenvalue weighted by atomic mass is 9.98. The van der Waals surface area contributed by atoms with Crippen LogP contribution in [0, 0.1) is 5.92 Å².